The van der Waals surface area contributed by atoms with E-state index in [2.05, 4.69) is 66.7 Å². The molecule has 2 aromatic carbocycles. The van der Waals surface area contributed by atoms with Gasteiger partial charge in [0.25, 0.3) is 5.91 Å². The van der Waals surface area contributed by atoms with Crippen molar-refractivity contribution in [3.8, 4) is 5.75 Å². The first-order valence-corrected chi connectivity index (χ1v) is 18.0. The minimum absolute atomic E-state index is 0.158. The van der Waals surface area contributed by atoms with E-state index in [1.807, 2.05) is 32.0 Å². The molecule has 9 heteroatoms. The summed E-state index contributed by atoms with van der Waals surface area (Å²) in [5.41, 5.74) is 4.01. The van der Waals surface area contributed by atoms with Crippen molar-refractivity contribution in [3.05, 3.63) is 70.3 Å². The second-order valence-electron chi connectivity index (χ2n) is 12.7. The van der Waals surface area contributed by atoms with Gasteiger partial charge in [-0.25, -0.2) is 4.21 Å². The second kappa shape index (κ2) is 18.1. The summed E-state index contributed by atoms with van der Waals surface area (Å²) in [5, 5.41) is 7.61. The average Bonchev–Trinajstić information content (AvgIpc) is 3.18. The fourth-order valence-corrected chi connectivity index (χ4v) is 7.19. The molecule has 5 atom stereocenters. The third-order valence-corrected chi connectivity index (χ3v) is 10.3. The molecule has 2 N–H and O–H groups in total. The Bertz CT molecular complexity index is 1300. The molecule has 1 heterocycles. The van der Waals surface area contributed by atoms with Crippen LogP contribution in [0.2, 0.25) is 5.02 Å². The highest BCUT2D eigenvalue weighted by atomic mass is 35.5. The molecule has 7 nitrogen and oxygen atoms in total. The van der Waals surface area contributed by atoms with Crippen LogP contribution in [-0.2, 0) is 17.4 Å². The van der Waals surface area contributed by atoms with Gasteiger partial charge in [-0.3, -0.25) is 9.52 Å². The predicted octanol–water partition coefficient (Wildman–Crippen LogP) is 6.86. The Hall–Kier alpha value is -2.39. The molecule has 1 aliphatic carbocycles. The number of rotatable bonds is 13. The monoisotopic (exact) mass is 659 g/mol. The largest absolute Gasteiger partial charge is 0.491 e. The van der Waals surface area contributed by atoms with Crippen LogP contribution in [-0.4, -0.2) is 72.8 Å². The van der Waals surface area contributed by atoms with E-state index in [0.29, 0.717) is 29.9 Å². The molecule has 4 rings (SSSR count). The Labute approximate surface area is 279 Å². The number of allylic oxidation sites excluding steroid dienone is 1. The number of fused-ring (bicyclic) bond motifs is 1. The number of aryl methyl sites for hydroxylation is 1. The summed E-state index contributed by atoms with van der Waals surface area (Å²) in [6, 6.07) is 11.9. The molecule has 0 saturated heterocycles. The molecule has 1 saturated carbocycles. The molecule has 45 heavy (non-hydrogen) atoms. The van der Waals surface area contributed by atoms with Gasteiger partial charge in [0, 0.05) is 48.5 Å². The molecular weight excluding hydrogens is 606 g/mol. The number of aliphatic hydroxyl groups is 1. The summed E-state index contributed by atoms with van der Waals surface area (Å²) in [6.07, 6.45) is 10.2. The molecule has 5 unspecified atom stereocenters. The standard InChI is InChI=1S/C35H50ClN3O3S.CH4O/c1-7-9-11-27(20-38(5)6)32-15-12-28(32)21-39-22-29(31-16-14-30(36)18-25(31)10-8-2)23-42-34-17-13-26(19-33(34)39)35(40)37-43(41)24(3)4;1-2/h9,11,13-14,16-19,24,27-29,32H,7-8,10,12,15,20-23H2,1-6H3,(H,37,40);2H,1H3/b11-9+;. The van der Waals surface area contributed by atoms with Gasteiger partial charge in [0.05, 0.1) is 12.3 Å². The maximum absolute atomic E-state index is 13.1. The number of nitrogens with zero attached hydrogens (tertiary/aromatic N) is 2. The van der Waals surface area contributed by atoms with Crippen LogP contribution < -0.4 is 14.4 Å². The highest BCUT2D eigenvalue weighted by Gasteiger charge is 2.38. The minimum Gasteiger partial charge on any atom is -0.491 e. The van der Waals surface area contributed by atoms with Gasteiger partial charge < -0.3 is 19.6 Å². The molecule has 0 spiro atoms. The van der Waals surface area contributed by atoms with Crippen LogP contribution in [0.4, 0.5) is 5.69 Å². The van der Waals surface area contributed by atoms with E-state index >= 15 is 0 Å². The van der Waals surface area contributed by atoms with Crippen LogP contribution in [0.3, 0.4) is 0 Å². The second-order valence-corrected chi connectivity index (χ2v) is 14.9. The van der Waals surface area contributed by atoms with E-state index in [4.69, 9.17) is 21.4 Å². The van der Waals surface area contributed by atoms with E-state index in [9.17, 15) is 9.00 Å². The maximum Gasteiger partial charge on any atom is 0.263 e. The summed E-state index contributed by atoms with van der Waals surface area (Å²) < 4.78 is 21.6. The van der Waals surface area contributed by atoms with Gasteiger partial charge in [0.15, 0.2) is 0 Å². The van der Waals surface area contributed by atoms with Gasteiger partial charge in [-0.15, -0.1) is 0 Å². The lowest BCUT2D eigenvalue weighted by Gasteiger charge is -2.45. The van der Waals surface area contributed by atoms with Crippen molar-refractivity contribution in [2.45, 2.75) is 71.0 Å². The third-order valence-electron chi connectivity index (χ3n) is 8.80. The van der Waals surface area contributed by atoms with E-state index in [-0.39, 0.29) is 17.1 Å². The quantitative estimate of drug-likeness (QED) is 0.229. The maximum atomic E-state index is 13.1. The van der Waals surface area contributed by atoms with Crippen LogP contribution in [0.15, 0.2) is 48.6 Å². The van der Waals surface area contributed by atoms with Crippen LogP contribution >= 0.6 is 11.6 Å². The van der Waals surface area contributed by atoms with Gasteiger partial charge >= 0.3 is 0 Å². The lowest BCUT2D eigenvalue weighted by Crippen LogP contribution is -2.44. The van der Waals surface area contributed by atoms with Gasteiger partial charge in [-0.1, -0.05) is 50.1 Å². The molecule has 2 aliphatic rings. The summed E-state index contributed by atoms with van der Waals surface area (Å²) in [6.45, 7) is 11.4. The first-order chi connectivity index (χ1) is 21.6. The summed E-state index contributed by atoms with van der Waals surface area (Å²) in [7, 11) is 3.88. The number of anilines is 1. The van der Waals surface area contributed by atoms with Crippen LogP contribution in [0.5, 0.6) is 5.75 Å². The van der Waals surface area contributed by atoms with E-state index in [1.165, 1.54) is 24.0 Å². The zero-order valence-corrected chi connectivity index (χ0v) is 29.8. The van der Waals surface area contributed by atoms with Gasteiger partial charge in [-0.2, -0.15) is 0 Å². The van der Waals surface area contributed by atoms with Crippen molar-refractivity contribution < 1.29 is 18.8 Å². The Morgan fingerprint density at radius 2 is 1.93 bits per heavy atom. The smallest absolute Gasteiger partial charge is 0.263 e. The number of benzene rings is 2. The van der Waals surface area contributed by atoms with Crippen molar-refractivity contribution >= 4 is 34.2 Å². The van der Waals surface area contributed by atoms with Crippen molar-refractivity contribution in [1.29, 1.82) is 0 Å². The topological polar surface area (TPSA) is 82.1 Å². The summed E-state index contributed by atoms with van der Waals surface area (Å²) in [4.78, 5) is 17.9. The molecule has 1 fully saturated rings. The molecule has 2 aromatic rings. The first-order valence-electron chi connectivity index (χ1n) is 16.4. The first kappa shape index (κ1) is 37.1. The lowest BCUT2D eigenvalue weighted by molar-refractivity contribution is 0.0982. The van der Waals surface area contributed by atoms with Crippen LogP contribution in [0.1, 0.15) is 80.8 Å². The van der Waals surface area contributed by atoms with Crippen molar-refractivity contribution in [3.63, 3.8) is 0 Å². The zero-order valence-electron chi connectivity index (χ0n) is 28.2. The molecular formula is C36H54ClN3O4S. The highest BCUT2D eigenvalue weighted by Crippen LogP contribution is 2.44. The number of nitrogens with one attached hydrogen (secondary N) is 1. The van der Waals surface area contributed by atoms with Crippen LogP contribution in [0.25, 0.3) is 0 Å². The number of hydrogen-bond acceptors (Lipinski definition) is 6. The summed E-state index contributed by atoms with van der Waals surface area (Å²) in [5.74, 6) is 2.31. The number of halogens is 1. The summed E-state index contributed by atoms with van der Waals surface area (Å²) >= 11 is 6.43. The van der Waals surface area contributed by atoms with E-state index in [1.54, 1.807) is 6.07 Å². The minimum atomic E-state index is -1.44. The van der Waals surface area contributed by atoms with Crippen LogP contribution in [0, 0.1) is 17.8 Å². The number of hydrogen-bond donors (Lipinski definition) is 2. The average molecular weight is 660 g/mol. The highest BCUT2D eigenvalue weighted by molar-refractivity contribution is 7.84. The van der Waals surface area contributed by atoms with E-state index in [0.717, 1.165) is 62.5 Å². The third kappa shape index (κ3) is 10.0. The van der Waals surface area contributed by atoms with Gasteiger partial charge in [0.1, 0.15) is 16.7 Å². The van der Waals surface area contributed by atoms with Crippen molar-refractivity contribution in [1.82, 2.24) is 9.62 Å². The SMILES string of the molecule is CC/C=C/C(CN(C)C)C1CCC1CN1CC(c2ccc(Cl)cc2CCC)COc2ccc(C(=O)NS(=O)C(C)C)cc21.CO. The number of ether oxygens (including phenoxy) is 1. The molecule has 0 radical (unpaired) electrons. The number of amides is 1. The Morgan fingerprint density at radius 3 is 2.56 bits per heavy atom. The van der Waals surface area contributed by atoms with Crippen molar-refractivity contribution in [2.75, 3.05) is 52.3 Å². The van der Waals surface area contributed by atoms with Gasteiger partial charge in [0.2, 0.25) is 0 Å². The van der Waals surface area contributed by atoms with E-state index < -0.39 is 11.0 Å². The molecule has 1 aliphatic heterocycles. The number of carbonyl (C=O) groups is 1. The number of aliphatic hydroxyl groups excluding tert-OH is 1. The van der Waals surface area contributed by atoms with Gasteiger partial charge in [-0.05, 0) is 113 Å². The molecule has 0 aromatic heterocycles. The Morgan fingerprint density at radius 1 is 1.18 bits per heavy atom. The number of carbonyl (C=O) groups excluding carboxylic acids is 1. The lowest BCUT2D eigenvalue weighted by atomic mass is 9.66. The fraction of sp³-hybridized carbons (Fsp3) is 0.583. The molecule has 250 valence electrons. The molecule has 0 bridgehead atoms. The van der Waals surface area contributed by atoms with Crippen molar-refractivity contribution in [2.24, 2.45) is 17.8 Å². The fourth-order valence-electron chi connectivity index (χ4n) is 6.46. The molecule has 1 amide bonds. The zero-order chi connectivity index (χ0) is 33.1. The Kier molecular flexibility index (Phi) is 14.9. The predicted molar refractivity (Wildman–Crippen MR) is 189 cm³/mol. The normalized spacial score (nSPS) is 20.9. The Balaban J connectivity index is 0.00000271.